The van der Waals surface area contributed by atoms with E-state index in [-0.39, 0.29) is 0 Å². The van der Waals surface area contributed by atoms with Crippen LogP contribution in [0.4, 0.5) is 0 Å². The number of hydrogen-bond acceptors (Lipinski definition) is 1. The predicted molar refractivity (Wildman–Crippen MR) is 58.8 cm³/mol. The fourth-order valence-corrected chi connectivity index (χ4v) is 1.65. The van der Waals surface area contributed by atoms with Gasteiger partial charge in [0.25, 0.3) is 0 Å². The van der Waals surface area contributed by atoms with Crippen LogP contribution >= 0.6 is 0 Å². The van der Waals surface area contributed by atoms with Gasteiger partial charge < -0.3 is 4.74 Å². The summed E-state index contributed by atoms with van der Waals surface area (Å²) in [5, 5.41) is 0. The van der Waals surface area contributed by atoms with Crippen molar-refractivity contribution in [1.82, 2.24) is 0 Å². The van der Waals surface area contributed by atoms with Crippen LogP contribution in [0.25, 0.3) is 0 Å². The van der Waals surface area contributed by atoms with Crippen molar-refractivity contribution in [3.05, 3.63) is 29.3 Å². The molecule has 1 aromatic carbocycles. The van der Waals surface area contributed by atoms with Gasteiger partial charge >= 0.3 is 0 Å². The second-order valence-electron chi connectivity index (χ2n) is 4.20. The topological polar surface area (TPSA) is 9.23 Å². The van der Waals surface area contributed by atoms with Crippen molar-refractivity contribution in [1.29, 1.82) is 0 Å². The van der Waals surface area contributed by atoms with Crippen molar-refractivity contribution in [2.45, 2.75) is 33.1 Å². The molecule has 0 aromatic heterocycles. The lowest BCUT2D eigenvalue weighted by Gasteiger charge is -2.08. The minimum atomic E-state index is 0.834. The van der Waals surface area contributed by atoms with E-state index in [1.807, 2.05) is 0 Å². The summed E-state index contributed by atoms with van der Waals surface area (Å²) in [5.74, 6) is 1.87. The molecule has 1 heteroatoms. The second-order valence-corrected chi connectivity index (χ2v) is 4.20. The standard InChI is InChI=1S/C13H18O/c1-3-12-6-7-13(8-10(12)2)14-9-11-4-5-11/h6-8,11H,3-5,9H2,1-2H3. The largest absolute Gasteiger partial charge is 0.493 e. The second kappa shape index (κ2) is 4.04. The Morgan fingerprint density at radius 1 is 1.36 bits per heavy atom. The van der Waals surface area contributed by atoms with Crippen molar-refractivity contribution in [2.24, 2.45) is 5.92 Å². The minimum Gasteiger partial charge on any atom is -0.493 e. The van der Waals surface area contributed by atoms with E-state index in [1.165, 1.54) is 24.0 Å². The van der Waals surface area contributed by atoms with Crippen LogP contribution in [-0.2, 0) is 6.42 Å². The van der Waals surface area contributed by atoms with Crippen LogP contribution in [0, 0.1) is 12.8 Å². The van der Waals surface area contributed by atoms with E-state index in [1.54, 1.807) is 0 Å². The molecular weight excluding hydrogens is 172 g/mol. The number of rotatable bonds is 4. The van der Waals surface area contributed by atoms with Crippen molar-refractivity contribution in [3.63, 3.8) is 0 Å². The van der Waals surface area contributed by atoms with Gasteiger partial charge in [0, 0.05) is 0 Å². The summed E-state index contributed by atoms with van der Waals surface area (Å²) >= 11 is 0. The Bertz CT molecular complexity index is 313. The number of ether oxygens (including phenoxy) is 1. The Balaban J connectivity index is 1.99. The highest BCUT2D eigenvalue weighted by Gasteiger charge is 2.21. The molecule has 1 saturated carbocycles. The summed E-state index contributed by atoms with van der Waals surface area (Å²) in [6.07, 6.45) is 3.81. The predicted octanol–water partition coefficient (Wildman–Crippen LogP) is 3.35. The van der Waals surface area contributed by atoms with Gasteiger partial charge in [-0.2, -0.15) is 0 Å². The van der Waals surface area contributed by atoms with E-state index < -0.39 is 0 Å². The molecule has 1 aromatic rings. The lowest BCUT2D eigenvalue weighted by molar-refractivity contribution is 0.299. The van der Waals surface area contributed by atoms with Gasteiger partial charge in [-0.3, -0.25) is 0 Å². The van der Waals surface area contributed by atoms with Gasteiger partial charge in [-0.25, -0.2) is 0 Å². The van der Waals surface area contributed by atoms with Gasteiger partial charge in [-0.15, -0.1) is 0 Å². The Morgan fingerprint density at radius 3 is 2.71 bits per heavy atom. The average Bonchev–Trinajstić information content (AvgIpc) is 2.98. The minimum absolute atomic E-state index is 0.834. The maximum Gasteiger partial charge on any atom is 0.119 e. The molecule has 0 saturated heterocycles. The molecule has 1 aliphatic carbocycles. The molecule has 0 spiro atoms. The third kappa shape index (κ3) is 2.28. The summed E-state index contributed by atoms with van der Waals surface area (Å²) in [6.45, 7) is 5.25. The smallest absolute Gasteiger partial charge is 0.119 e. The summed E-state index contributed by atoms with van der Waals surface area (Å²) in [7, 11) is 0. The van der Waals surface area contributed by atoms with E-state index in [0.29, 0.717) is 0 Å². The van der Waals surface area contributed by atoms with Crippen LogP contribution in [0.1, 0.15) is 30.9 Å². The molecule has 0 N–H and O–H groups in total. The zero-order valence-corrected chi connectivity index (χ0v) is 9.05. The van der Waals surface area contributed by atoms with Crippen LogP contribution in [0.3, 0.4) is 0 Å². The molecule has 1 aliphatic rings. The summed E-state index contributed by atoms with van der Waals surface area (Å²) in [4.78, 5) is 0. The lowest BCUT2D eigenvalue weighted by Crippen LogP contribution is -1.99. The molecule has 2 rings (SSSR count). The van der Waals surface area contributed by atoms with Crippen LogP contribution in [-0.4, -0.2) is 6.61 Å². The first kappa shape index (κ1) is 9.57. The van der Waals surface area contributed by atoms with Gasteiger partial charge in [-0.05, 0) is 55.4 Å². The molecule has 0 aliphatic heterocycles. The molecule has 76 valence electrons. The van der Waals surface area contributed by atoms with Crippen LogP contribution in [0.15, 0.2) is 18.2 Å². The summed E-state index contributed by atoms with van der Waals surface area (Å²) < 4.78 is 5.71. The summed E-state index contributed by atoms with van der Waals surface area (Å²) in [5.41, 5.74) is 2.77. The molecule has 0 bridgehead atoms. The first-order valence-electron chi connectivity index (χ1n) is 5.52. The molecule has 0 atom stereocenters. The third-order valence-electron chi connectivity index (χ3n) is 2.88. The third-order valence-corrected chi connectivity index (χ3v) is 2.88. The SMILES string of the molecule is CCc1ccc(OCC2CC2)cc1C. The van der Waals surface area contributed by atoms with Gasteiger partial charge in [-0.1, -0.05) is 13.0 Å². The van der Waals surface area contributed by atoms with Gasteiger partial charge in [0.05, 0.1) is 6.61 Å². The van der Waals surface area contributed by atoms with Gasteiger partial charge in [0.1, 0.15) is 5.75 Å². The Hall–Kier alpha value is -0.980. The van der Waals surface area contributed by atoms with Crippen LogP contribution < -0.4 is 4.74 Å². The molecular formula is C13H18O. The normalized spacial score (nSPS) is 15.6. The molecule has 1 nitrogen and oxygen atoms in total. The fraction of sp³-hybridized carbons (Fsp3) is 0.538. The highest BCUT2D eigenvalue weighted by atomic mass is 16.5. The maximum atomic E-state index is 5.71. The highest BCUT2D eigenvalue weighted by molar-refractivity contribution is 5.34. The van der Waals surface area contributed by atoms with Gasteiger partial charge in [0.15, 0.2) is 0 Å². The fourth-order valence-electron chi connectivity index (χ4n) is 1.65. The Morgan fingerprint density at radius 2 is 2.14 bits per heavy atom. The monoisotopic (exact) mass is 190 g/mol. The van der Waals surface area contributed by atoms with E-state index in [9.17, 15) is 0 Å². The average molecular weight is 190 g/mol. The number of aryl methyl sites for hydroxylation is 2. The van der Waals surface area contributed by atoms with E-state index in [2.05, 4.69) is 32.0 Å². The van der Waals surface area contributed by atoms with Crippen molar-refractivity contribution in [2.75, 3.05) is 6.61 Å². The number of hydrogen-bond donors (Lipinski definition) is 0. The van der Waals surface area contributed by atoms with Crippen molar-refractivity contribution < 1.29 is 4.74 Å². The van der Waals surface area contributed by atoms with E-state index in [4.69, 9.17) is 4.74 Å². The lowest BCUT2D eigenvalue weighted by atomic mass is 10.1. The molecule has 0 heterocycles. The first-order valence-corrected chi connectivity index (χ1v) is 5.52. The van der Waals surface area contributed by atoms with Crippen molar-refractivity contribution >= 4 is 0 Å². The van der Waals surface area contributed by atoms with E-state index in [0.717, 1.165) is 24.7 Å². The maximum absolute atomic E-state index is 5.71. The van der Waals surface area contributed by atoms with E-state index >= 15 is 0 Å². The Labute approximate surface area is 86.1 Å². The van der Waals surface area contributed by atoms with Crippen molar-refractivity contribution in [3.8, 4) is 5.75 Å². The van der Waals surface area contributed by atoms with Gasteiger partial charge in [0.2, 0.25) is 0 Å². The van der Waals surface area contributed by atoms with Crippen LogP contribution in [0.5, 0.6) is 5.75 Å². The molecule has 0 radical (unpaired) electrons. The first-order chi connectivity index (χ1) is 6.79. The molecule has 0 amide bonds. The molecule has 14 heavy (non-hydrogen) atoms. The van der Waals surface area contributed by atoms with Crippen LogP contribution in [0.2, 0.25) is 0 Å². The molecule has 1 fully saturated rings. The molecule has 0 unspecified atom stereocenters. The number of benzene rings is 1. The Kier molecular flexibility index (Phi) is 2.76. The quantitative estimate of drug-likeness (QED) is 0.707. The highest BCUT2D eigenvalue weighted by Crippen LogP contribution is 2.29. The summed E-state index contributed by atoms with van der Waals surface area (Å²) in [6, 6.07) is 6.42. The zero-order valence-electron chi connectivity index (χ0n) is 9.05. The zero-order chi connectivity index (χ0) is 9.97.